The van der Waals surface area contributed by atoms with E-state index in [0.29, 0.717) is 0 Å². The van der Waals surface area contributed by atoms with Crippen LogP contribution in [-0.2, 0) is 25.7 Å². The van der Waals surface area contributed by atoms with Crippen LogP contribution in [0.5, 0.6) is 11.5 Å². The summed E-state index contributed by atoms with van der Waals surface area (Å²) in [5.41, 5.74) is 8.36. The number of hydrogen-bond acceptors (Lipinski definition) is 7. The Morgan fingerprint density at radius 1 is 0.818 bits per heavy atom. The third-order valence-electron chi connectivity index (χ3n) is 7.35. The molecule has 0 bridgehead atoms. The summed E-state index contributed by atoms with van der Waals surface area (Å²) in [5.74, 6) is 2.11. The van der Waals surface area contributed by atoms with Crippen LogP contribution in [0.4, 0.5) is 11.4 Å². The van der Waals surface area contributed by atoms with Crippen molar-refractivity contribution in [3.8, 4) is 11.5 Å². The Morgan fingerprint density at radius 3 is 2.27 bits per heavy atom. The van der Waals surface area contributed by atoms with Crippen LogP contribution in [0, 0.1) is 10.2 Å². The van der Waals surface area contributed by atoms with Crippen LogP contribution in [0.25, 0.3) is 0 Å². The second-order valence-electron chi connectivity index (χ2n) is 9.40. The maximum atomic E-state index is 8.49. The largest absolute Gasteiger partial charge is 0.452 e. The first kappa shape index (κ1) is 21.3. The van der Waals surface area contributed by atoms with Crippen LogP contribution in [0.15, 0.2) is 17.1 Å². The van der Waals surface area contributed by atoms with E-state index in [1.165, 1.54) is 98.0 Å². The molecule has 7 rings (SSSR count). The van der Waals surface area contributed by atoms with Gasteiger partial charge in [-0.05, 0) is 56.2 Å². The second kappa shape index (κ2) is 7.92. The lowest BCUT2D eigenvalue weighted by Crippen LogP contribution is -2.68. The number of aryl methyl sites for hydroxylation is 2. The smallest absolute Gasteiger partial charge is 0.210 e. The van der Waals surface area contributed by atoms with Gasteiger partial charge in [-0.25, -0.2) is 28.2 Å². The highest BCUT2D eigenvalue weighted by Gasteiger charge is 2.33. The van der Waals surface area contributed by atoms with Crippen LogP contribution in [0.2, 0.25) is 0 Å². The molecule has 2 aromatic carbocycles. The zero-order valence-corrected chi connectivity index (χ0v) is 19.2. The van der Waals surface area contributed by atoms with Gasteiger partial charge in [0.1, 0.15) is 24.1 Å². The molecular formula is C24H26ClN3O5. The Labute approximate surface area is 193 Å². The molecular weight excluding hydrogens is 446 g/mol. The first-order chi connectivity index (χ1) is 15.9. The number of nitrogens with zero attached hydrogens (tertiary/aromatic N) is 3. The topological polar surface area (TPSA) is 120 Å². The van der Waals surface area contributed by atoms with E-state index in [2.05, 4.69) is 21.6 Å². The van der Waals surface area contributed by atoms with Crippen LogP contribution >= 0.6 is 0 Å². The van der Waals surface area contributed by atoms with Crippen molar-refractivity contribution < 1.29 is 33.6 Å². The third-order valence-corrected chi connectivity index (χ3v) is 7.35. The van der Waals surface area contributed by atoms with Gasteiger partial charge in [0, 0.05) is 42.7 Å². The molecule has 5 aliphatic rings. The Bertz CT molecular complexity index is 1260. The van der Waals surface area contributed by atoms with Gasteiger partial charge in [0.2, 0.25) is 5.36 Å². The highest BCUT2D eigenvalue weighted by Crippen LogP contribution is 2.48. The summed E-state index contributed by atoms with van der Waals surface area (Å²) in [6.07, 6.45) is 9.58. The fourth-order valence-electron chi connectivity index (χ4n) is 6.25. The summed E-state index contributed by atoms with van der Waals surface area (Å²) in [6.45, 7) is 4.78. The molecule has 0 saturated carbocycles. The van der Waals surface area contributed by atoms with Gasteiger partial charge >= 0.3 is 0 Å². The number of halogens is 1. The standard InChI is InChI=1S/C24H26N3O.ClHO4/c1-5-15-13-19-23(17-7-3-11-26(9-1)21(15)17)28-24-18-8-4-12-27-10-2-6-16(22(18)27)14-20(24)25-19;2-1(3,4)5/h13-14H,1-12H2;(H,2,3,4,5)/q+1;/p-1. The number of rotatable bonds is 0. The number of ether oxygens (including phenoxy) is 1. The highest BCUT2D eigenvalue weighted by atomic mass is 35.7. The third kappa shape index (κ3) is 3.80. The number of benzene rings is 2. The molecule has 33 heavy (non-hydrogen) atoms. The van der Waals surface area contributed by atoms with E-state index in [1.807, 2.05) is 0 Å². The van der Waals surface area contributed by atoms with E-state index in [-0.39, 0.29) is 0 Å². The monoisotopic (exact) mass is 471 g/mol. The van der Waals surface area contributed by atoms with Crippen molar-refractivity contribution in [3.63, 3.8) is 0 Å². The molecule has 0 unspecified atom stereocenters. The molecule has 8 nitrogen and oxygen atoms in total. The highest BCUT2D eigenvalue weighted by molar-refractivity contribution is 5.76. The molecule has 0 aromatic heterocycles. The molecule has 0 fully saturated rings. The maximum absolute atomic E-state index is 8.49. The van der Waals surface area contributed by atoms with E-state index in [1.54, 1.807) is 0 Å². The fraction of sp³-hybridized carbons (Fsp3) is 0.500. The van der Waals surface area contributed by atoms with Gasteiger partial charge < -0.3 is 9.64 Å². The lowest BCUT2D eigenvalue weighted by atomic mass is 9.90. The van der Waals surface area contributed by atoms with Gasteiger partial charge in [0.05, 0.1) is 5.56 Å². The molecule has 0 radical (unpaired) electrons. The normalized spacial score (nSPS) is 19.6. The fourth-order valence-corrected chi connectivity index (χ4v) is 6.25. The average molecular weight is 472 g/mol. The lowest BCUT2D eigenvalue weighted by molar-refractivity contribution is -2.00. The predicted octanol–water partition coefficient (Wildman–Crippen LogP) is -1.93. The van der Waals surface area contributed by atoms with Gasteiger partial charge in [-0.3, -0.25) is 0 Å². The van der Waals surface area contributed by atoms with Crippen molar-refractivity contribution >= 4 is 11.4 Å². The molecule has 0 spiro atoms. The Balaban J connectivity index is 0.000000377. The quantitative estimate of drug-likeness (QED) is 0.352. The minimum absolute atomic E-state index is 1.06. The molecule has 5 aliphatic heterocycles. The second-order valence-corrected chi connectivity index (χ2v) is 10.2. The minimum Gasteiger partial charge on any atom is -0.452 e. The molecule has 0 aliphatic carbocycles. The van der Waals surface area contributed by atoms with E-state index >= 15 is 0 Å². The minimum atomic E-state index is -4.94. The van der Waals surface area contributed by atoms with Crippen molar-refractivity contribution in [2.75, 3.05) is 31.1 Å². The van der Waals surface area contributed by atoms with E-state index in [9.17, 15) is 0 Å². The molecule has 2 aromatic rings. The molecule has 174 valence electrons. The van der Waals surface area contributed by atoms with Gasteiger partial charge in [-0.15, -0.1) is 10.2 Å². The van der Waals surface area contributed by atoms with Crippen LogP contribution in [0.3, 0.4) is 0 Å². The lowest BCUT2D eigenvalue weighted by Gasteiger charge is -2.38. The summed E-state index contributed by atoms with van der Waals surface area (Å²) in [4.78, 5) is 7.77. The van der Waals surface area contributed by atoms with Crippen LogP contribution < -0.4 is 43.6 Å². The maximum Gasteiger partial charge on any atom is 0.210 e. The predicted molar refractivity (Wildman–Crippen MR) is 110 cm³/mol. The summed E-state index contributed by atoms with van der Waals surface area (Å²) >= 11 is 0. The Morgan fingerprint density at radius 2 is 1.48 bits per heavy atom. The first-order valence-corrected chi connectivity index (χ1v) is 13.0. The molecule has 0 amide bonds. The van der Waals surface area contributed by atoms with E-state index < -0.39 is 10.2 Å². The van der Waals surface area contributed by atoms with Gasteiger partial charge in [-0.1, -0.05) is 0 Å². The average Bonchev–Trinajstić information content (AvgIpc) is 2.78. The van der Waals surface area contributed by atoms with Gasteiger partial charge in [-0.2, -0.15) is 0 Å². The summed E-state index contributed by atoms with van der Waals surface area (Å²) in [6, 6.07) is 4.65. The van der Waals surface area contributed by atoms with Crippen molar-refractivity contribution in [1.29, 1.82) is 0 Å². The summed E-state index contributed by atoms with van der Waals surface area (Å²) in [7, 11) is -4.94. The Hall–Kier alpha value is -2.23. The van der Waals surface area contributed by atoms with E-state index in [0.717, 1.165) is 35.4 Å². The molecule has 9 heteroatoms. The molecule has 5 heterocycles. The first-order valence-electron chi connectivity index (χ1n) is 11.8. The van der Waals surface area contributed by atoms with Crippen molar-refractivity contribution in [2.24, 2.45) is 4.99 Å². The van der Waals surface area contributed by atoms with Crippen molar-refractivity contribution in [1.82, 2.24) is 4.58 Å². The SMILES string of the molecule is [O-][Cl+3]([O-])([O-])[O-].c1c2c3c(c4c1N=c1cc5c6c(c1O4)CCC[N+]=6CCC5)CCCN3CCC2. The van der Waals surface area contributed by atoms with Crippen LogP contribution in [-0.4, -0.2) is 26.2 Å². The van der Waals surface area contributed by atoms with Crippen molar-refractivity contribution in [3.05, 3.63) is 45.1 Å². The number of fused-ring (bicyclic) bond motifs is 4. The van der Waals surface area contributed by atoms with Crippen molar-refractivity contribution in [2.45, 2.75) is 51.4 Å². The van der Waals surface area contributed by atoms with Crippen LogP contribution in [0.1, 0.15) is 47.9 Å². The van der Waals surface area contributed by atoms with E-state index in [4.69, 9.17) is 28.4 Å². The zero-order valence-electron chi connectivity index (χ0n) is 18.4. The summed E-state index contributed by atoms with van der Waals surface area (Å²) < 4.78 is 43.3. The number of hydrogen-bond donors (Lipinski definition) is 0. The van der Waals surface area contributed by atoms with Gasteiger partial charge in [0.25, 0.3) is 0 Å². The van der Waals surface area contributed by atoms with Gasteiger partial charge in [0.15, 0.2) is 11.5 Å². The molecule has 0 saturated heterocycles. The Kier molecular flexibility index (Phi) is 5.12. The number of anilines is 1. The summed E-state index contributed by atoms with van der Waals surface area (Å²) in [5, 5.41) is 2.55. The zero-order chi connectivity index (χ0) is 22.7. The molecule has 0 atom stereocenters. The molecule has 0 N–H and O–H groups in total.